The maximum Gasteiger partial charge on any atom is 0.407 e. The van der Waals surface area contributed by atoms with Crippen LogP contribution in [0.1, 0.15) is 11.1 Å². The van der Waals surface area contributed by atoms with Gasteiger partial charge in [-0.1, -0.05) is 30.3 Å². The number of alkyl carbamates (subject to hydrolysis) is 1. The Hall–Kier alpha value is -3.15. The van der Waals surface area contributed by atoms with Gasteiger partial charge < -0.3 is 10.1 Å². The first-order valence-corrected chi connectivity index (χ1v) is 7.59. The van der Waals surface area contributed by atoms with Crippen molar-refractivity contribution in [2.75, 3.05) is 0 Å². The van der Waals surface area contributed by atoms with Crippen LogP contribution in [0.5, 0.6) is 0 Å². The lowest BCUT2D eigenvalue weighted by molar-refractivity contribution is 0.139. The van der Waals surface area contributed by atoms with E-state index in [1.807, 2.05) is 49.5 Å². The molecular weight excluding hydrogens is 304 g/mol. The van der Waals surface area contributed by atoms with E-state index in [-0.39, 0.29) is 6.61 Å². The molecule has 0 fully saturated rings. The number of hydrogen-bond acceptors (Lipinski definition) is 4. The minimum Gasteiger partial charge on any atom is -0.445 e. The summed E-state index contributed by atoms with van der Waals surface area (Å²) in [6.07, 6.45) is 4.78. The van der Waals surface area contributed by atoms with Crippen LogP contribution >= 0.6 is 0 Å². The van der Waals surface area contributed by atoms with Crippen molar-refractivity contribution in [3.8, 4) is 11.3 Å². The van der Waals surface area contributed by atoms with Crippen molar-refractivity contribution in [1.82, 2.24) is 20.1 Å². The number of carbonyl (C=O) groups excluding carboxylic acids is 1. The zero-order valence-corrected chi connectivity index (χ0v) is 13.3. The molecule has 1 amide bonds. The molecule has 2 heterocycles. The quantitative estimate of drug-likeness (QED) is 0.784. The second kappa shape index (κ2) is 7.41. The Bertz CT molecular complexity index is 815. The van der Waals surface area contributed by atoms with Gasteiger partial charge in [-0.2, -0.15) is 5.10 Å². The zero-order chi connectivity index (χ0) is 16.8. The normalized spacial score (nSPS) is 10.4. The van der Waals surface area contributed by atoms with E-state index < -0.39 is 6.09 Å². The third-order valence-electron chi connectivity index (χ3n) is 3.56. The lowest BCUT2D eigenvalue weighted by Gasteiger charge is -2.08. The minimum atomic E-state index is -0.454. The predicted octanol–water partition coefficient (Wildman–Crippen LogP) is 2.91. The highest BCUT2D eigenvalue weighted by Gasteiger charge is 2.06. The summed E-state index contributed by atoms with van der Waals surface area (Å²) in [5, 5.41) is 6.88. The number of benzene rings is 1. The van der Waals surface area contributed by atoms with Crippen molar-refractivity contribution < 1.29 is 9.53 Å². The topological polar surface area (TPSA) is 69.0 Å². The van der Waals surface area contributed by atoms with Crippen LogP contribution in [0.2, 0.25) is 0 Å². The monoisotopic (exact) mass is 322 g/mol. The van der Waals surface area contributed by atoms with Gasteiger partial charge in [0.25, 0.3) is 0 Å². The number of nitrogens with one attached hydrogen (secondary N) is 1. The van der Waals surface area contributed by atoms with E-state index in [1.54, 1.807) is 23.3 Å². The molecule has 1 N–H and O–H groups in total. The maximum absolute atomic E-state index is 11.8. The summed E-state index contributed by atoms with van der Waals surface area (Å²) < 4.78 is 6.97. The fourth-order valence-corrected chi connectivity index (χ4v) is 2.33. The number of pyridine rings is 1. The van der Waals surface area contributed by atoms with Crippen molar-refractivity contribution >= 4 is 6.09 Å². The smallest absolute Gasteiger partial charge is 0.407 e. The van der Waals surface area contributed by atoms with Gasteiger partial charge in [-0.15, -0.1) is 0 Å². The largest absolute Gasteiger partial charge is 0.445 e. The lowest BCUT2D eigenvalue weighted by atomic mass is 10.1. The van der Waals surface area contributed by atoms with Gasteiger partial charge in [0.05, 0.1) is 5.69 Å². The Kier molecular flexibility index (Phi) is 4.86. The third-order valence-corrected chi connectivity index (χ3v) is 3.56. The first kappa shape index (κ1) is 15.7. The Morgan fingerprint density at radius 1 is 1.17 bits per heavy atom. The first-order chi connectivity index (χ1) is 11.7. The highest BCUT2D eigenvalue weighted by molar-refractivity contribution is 5.67. The van der Waals surface area contributed by atoms with Gasteiger partial charge in [-0.05, 0) is 23.3 Å². The summed E-state index contributed by atoms with van der Waals surface area (Å²) in [5.74, 6) is 0. The number of aryl methyl sites for hydroxylation is 1. The number of carbonyl (C=O) groups is 1. The summed E-state index contributed by atoms with van der Waals surface area (Å²) in [5.41, 5.74) is 3.76. The molecule has 0 aliphatic heterocycles. The van der Waals surface area contributed by atoms with E-state index in [2.05, 4.69) is 15.4 Å². The second-order valence-corrected chi connectivity index (χ2v) is 5.34. The van der Waals surface area contributed by atoms with Crippen LogP contribution in [0.3, 0.4) is 0 Å². The average molecular weight is 322 g/mol. The molecule has 0 bridgehead atoms. The number of nitrogens with zero attached hydrogens (tertiary/aromatic N) is 3. The number of hydrogen-bond donors (Lipinski definition) is 1. The van der Waals surface area contributed by atoms with Crippen LogP contribution in [-0.2, 0) is 24.9 Å². The molecule has 3 rings (SSSR count). The van der Waals surface area contributed by atoms with Crippen molar-refractivity contribution in [3.05, 3.63) is 72.2 Å². The van der Waals surface area contributed by atoms with E-state index in [4.69, 9.17) is 4.74 Å². The van der Waals surface area contributed by atoms with E-state index >= 15 is 0 Å². The molecule has 0 unspecified atom stereocenters. The summed E-state index contributed by atoms with van der Waals surface area (Å²) in [6.45, 7) is 0.603. The molecule has 3 aromatic rings. The molecule has 6 heteroatoms. The highest BCUT2D eigenvalue weighted by atomic mass is 16.5. The molecule has 0 radical (unpaired) electrons. The van der Waals surface area contributed by atoms with Gasteiger partial charge in [0, 0.05) is 37.7 Å². The van der Waals surface area contributed by atoms with Crippen molar-refractivity contribution in [3.63, 3.8) is 0 Å². The molecule has 1 aromatic carbocycles. The number of rotatable bonds is 5. The Morgan fingerprint density at radius 3 is 2.75 bits per heavy atom. The molecule has 0 spiro atoms. The maximum atomic E-state index is 11.8. The van der Waals surface area contributed by atoms with Crippen molar-refractivity contribution in [2.24, 2.45) is 7.05 Å². The van der Waals surface area contributed by atoms with Gasteiger partial charge in [0.1, 0.15) is 6.61 Å². The van der Waals surface area contributed by atoms with Gasteiger partial charge in [0.15, 0.2) is 0 Å². The fourth-order valence-electron chi connectivity index (χ4n) is 2.33. The predicted molar refractivity (Wildman–Crippen MR) is 89.9 cm³/mol. The van der Waals surface area contributed by atoms with E-state index in [1.165, 1.54) is 0 Å². The Balaban J connectivity index is 1.55. The van der Waals surface area contributed by atoms with Gasteiger partial charge in [0.2, 0.25) is 0 Å². The Labute approximate surface area is 140 Å². The lowest BCUT2D eigenvalue weighted by Crippen LogP contribution is -2.23. The molecule has 0 saturated heterocycles. The number of ether oxygens (including phenoxy) is 1. The standard InChI is InChI=1S/C18H18N4O2/c1-22-17(7-8-21-22)16-9-15(10-19-12-16)11-20-18(23)24-13-14-5-3-2-4-6-14/h2-10,12H,11,13H2,1H3,(H,20,23). The molecule has 0 saturated carbocycles. The van der Waals surface area contributed by atoms with Crippen LogP contribution in [0.25, 0.3) is 11.3 Å². The second-order valence-electron chi connectivity index (χ2n) is 5.34. The zero-order valence-electron chi connectivity index (χ0n) is 13.3. The van der Waals surface area contributed by atoms with Gasteiger partial charge in [-0.3, -0.25) is 9.67 Å². The van der Waals surface area contributed by atoms with Crippen LogP contribution in [0.15, 0.2) is 61.1 Å². The summed E-state index contributed by atoms with van der Waals surface area (Å²) in [6, 6.07) is 13.5. The van der Waals surface area contributed by atoms with E-state index in [9.17, 15) is 4.79 Å². The fraction of sp³-hybridized carbons (Fsp3) is 0.167. The summed E-state index contributed by atoms with van der Waals surface area (Å²) >= 11 is 0. The van der Waals surface area contributed by atoms with Crippen LogP contribution in [0, 0.1) is 0 Å². The molecule has 0 atom stereocenters. The summed E-state index contributed by atoms with van der Waals surface area (Å²) in [4.78, 5) is 16.0. The summed E-state index contributed by atoms with van der Waals surface area (Å²) in [7, 11) is 1.88. The molecule has 0 aliphatic rings. The van der Waals surface area contributed by atoms with Crippen molar-refractivity contribution in [1.29, 1.82) is 0 Å². The molecule has 2 aromatic heterocycles. The van der Waals surface area contributed by atoms with E-state index in [0.29, 0.717) is 6.54 Å². The van der Waals surface area contributed by atoms with Crippen LogP contribution < -0.4 is 5.32 Å². The third kappa shape index (κ3) is 3.98. The highest BCUT2D eigenvalue weighted by Crippen LogP contribution is 2.18. The molecule has 122 valence electrons. The van der Waals surface area contributed by atoms with Gasteiger partial charge >= 0.3 is 6.09 Å². The van der Waals surface area contributed by atoms with Crippen LogP contribution in [0.4, 0.5) is 4.79 Å². The Morgan fingerprint density at radius 2 is 2.00 bits per heavy atom. The minimum absolute atomic E-state index is 0.250. The molecular formula is C18H18N4O2. The van der Waals surface area contributed by atoms with Gasteiger partial charge in [-0.25, -0.2) is 4.79 Å². The first-order valence-electron chi connectivity index (χ1n) is 7.59. The molecule has 24 heavy (non-hydrogen) atoms. The molecule has 0 aliphatic carbocycles. The van der Waals surface area contributed by atoms with Crippen molar-refractivity contribution in [2.45, 2.75) is 13.2 Å². The number of amides is 1. The number of aromatic nitrogens is 3. The molecule has 6 nitrogen and oxygen atoms in total. The van der Waals surface area contributed by atoms with E-state index in [0.717, 1.165) is 22.4 Å². The van der Waals surface area contributed by atoms with Crippen LogP contribution in [-0.4, -0.2) is 20.9 Å². The average Bonchev–Trinajstić information content (AvgIpc) is 3.05. The SMILES string of the molecule is Cn1nccc1-c1cncc(CNC(=O)OCc2ccccc2)c1.